The van der Waals surface area contributed by atoms with Crippen molar-refractivity contribution in [3.8, 4) is 11.4 Å². The molecule has 2 aromatic rings. The molecule has 1 aromatic heterocycles. The molecular weight excluding hydrogens is 305 g/mol. The summed E-state index contributed by atoms with van der Waals surface area (Å²) in [5.74, 6) is 0.408. The van der Waals surface area contributed by atoms with Gasteiger partial charge in [-0.2, -0.15) is 0 Å². The number of halogens is 1. The molecule has 0 aliphatic carbocycles. The van der Waals surface area contributed by atoms with Gasteiger partial charge < -0.3 is 9.47 Å². The van der Waals surface area contributed by atoms with E-state index >= 15 is 0 Å². The lowest BCUT2D eigenvalue weighted by atomic mass is 10.1. The van der Waals surface area contributed by atoms with Gasteiger partial charge in [-0.1, -0.05) is 18.6 Å². The minimum Gasteiger partial charge on any atom is -0.338 e. The second kappa shape index (κ2) is 7.16. The molecule has 0 bridgehead atoms. The molecule has 3 rings (SSSR count). The molecule has 0 atom stereocenters. The zero-order chi connectivity index (χ0) is 17.1. The van der Waals surface area contributed by atoms with Gasteiger partial charge in [0.1, 0.15) is 17.3 Å². The van der Waals surface area contributed by atoms with Crippen LogP contribution < -0.4 is 0 Å². The fraction of sp³-hybridized carbons (Fsp3) is 0.474. The fourth-order valence-electron chi connectivity index (χ4n) is 3.40. The molecule has 0 fully saturated rings. The number of carbonyl (C=O) groups excluding carboxylic acids is 1. The minimum absolute atomic E-state index is 0.0201. The highest BCUT2D eigenvalue weighted by molar-refractivity contribution is 5.94. The molecule has 1 aliphatic heterocycles. The van der Waals surface area contributed by atoms with Crippen molar-refractivity contribution in [2.45, 2.75) is 46.1 Å². The molecule has 0 N–H and O–H groups in total. The Balaban J connectivity index is 2.12. The topological polar surface area (TPSA) is 38.1 Å². The Morgan fingerprint density at radius 2 is 2.04 bits per heavy atom. The van der Waals surface area contributed by atoms with Gasteiger partial charge in [-0.25, -0.2) is 9.37 Å². The highest BCUT2D eigenvalue weighted by atomic mass is 19.1. The number of fused-ring (bicyclic) bond motifs is 1. The third kappa shape index (κ3) is 3.07. The van der Waals surface area contributed by atoms with E-state index in [4.69, 9.17) is 0 Å². The van der Waals surface area contributed by atoms with Crippen molar-refractivity contribution in [2.24, 2.45) is 0 Å². The van der Waals surface area contributed by atoms with Crippen molar-refractivity contribution in [3.05, 3.63) is 41.5 Å². The highest BCUT2D eigenvalue weighted by Crippen LogP contribution is 2.28. The van der Waals surface area contributed by atoms with Crippen LogP contribution in [0.5, 0.6) is 0 Å². The summed E-state index contributed by atoms with van der Waals surface area (Å²) in [6.07, 6.45) is 4.12. The number of hydrogen-bond acceptors (Lipinski definition) is 2. The lowest BCUT2D eigenvalue weighted by molar-refractivity contribution is 0.0766. The Kier molecular flexibility index (Phi) is 4.97. The van der Waals surface area contributed by atoms with Crippen molar-refractivity contribution in [1.29, 1.82) is 0 Å². The van der Waals surface area contributed by atoms with Gasteiger partial charge >= 0.3 is 0 Å². The average Bonchev–Trinajstić information content (AvgIpc) is 2.77. The number of amides is 1. The summed E-state index contributed by atoms with van der Waals surface area (Å²) in [5.41, 5.74) is 2.28. The van der Waals surface area contributed by atoms with Crippen molar-refractivity contribution in [2.75, 3.05) is 13.1 Å². The summed E-state index contributed by atoms with van der Waals surface area (Å²) in [4.78, 5) is 19.3. The lowest BCUT2D eigenvalue weighted by Crippen LogP contribution is -2.31. The van der Waals surface area contributed by atoms with Crippen LogP contribution in [0.4, 0.5) is 4.39 Å². The molecule has 5 heteroatoms. The van der Waals surface area contributed by atoms with Crippen LogP contribution in [-0.2, 0) is 13.0 Å². The average molecular weight is 329 g/mol. The van der Waals surface area contributed by atoms with E-state index in [-0.39, 0.29) is 11.7 Å². The number of nitrogens with zero attached hydrogens (tertiary/aromatic N) is 3. The van der Waals surface area contributed by atoms with Crippen LogP contribution >= 0.6 is 0 Å². The third-order valence-electron chi connectivity index (χ3n) is 4.70. The van der Waals surface area contributed by atoms with Crippen LogP contribution in [-0.4, -0.2) is 33.4 Å². The van der Waals surface area contributed by atoms with Gasteiger partial charge in [0.2, 0.25) is 0 Å². The Hall–Kier alpha value is -2.17. The maximum Gasteiger partial charge on any atom is 0.274 e. The van der Waals surface area contributed by atoms with Crippen molar-refractivity contribution < 1.29 is 9.18 Å². The molecule has 1 aliphatic rings. The van der Waals surface area contributed by atoms with E-state index in [1.54, 1.807) is 11.0 Å². The zero-order valence-corrected chi connectivity index (χ0v) is 14.4. The van der Waals surface area contributed by atoms with Gasteiger partial charge in [0, 0.05) is 25.2 Å². The number of benzene rings is 1. The second-order valence-corrected chi connectivity index (χ2v) is 6.18. The first-order valence-electron chi connectivity index (χ1n) is 8.80. The predicted octanol–water partition coefficient (Wildman–Crippen LogP) is 3.90. The molecule has 1 amide bonds. The first-order chi connectivity index (χ1) is 11.7. The predicted molar refractivity (Wildman–Crippen MR) is 92.4 cm³/mol. The molecule has 2 heterocycles. The van der Waals surface area contributed by atoms with Gasteiger partial charge in [-0.05, 0) is 45.2 Å². The van der Waals surface area contributed by atoms with Crippen molar-refractivity contribution >= 4 is 5.91 Å². The van der Waals surface area contributed by atoms with Crippen LogP contribution in [0.3, 0.4) is 0 Å². The smallest absolute Gasteiger partial charge is 0.274 e. The van der Waals surface area contributed by atoms with Crippen LogP contribution in [0.15, 0.2) is 24.3 Å². The van der Waals surface area contributed by atoms with E-state index < -0.39 is 0 Å². The van der Waals surface area contributed by atoms with Crippen LogP contribution in [0.25, 0.3) is 11.4 Å². The van der Waals surface area contributed by atoms with E-state index in [0.29, 0.717) is 24.6 Å². The van der Waals surface area contributed by atoms with Gasteiger partial charge in [0.05, 0.1) is 5.69 Å². The summed E-state index contributed by atoms with van der Waals surface area (Å²) in [7, 11) is 0. The van der Waals surface area contributed by atoms with Crippen LogP contribution in [0.1, 0.15) is 49.3 Å². The standard InChI is InChI=1S/C19H24FN3O/c1-3-22(4-2)19(24)17-16-11-6-5-7-12-23(16)18(21-17)14-9-8-10-15(20)13-14/h8-10,13H,3-7,11-12H2,1-2H3. The number of hydrogen-bond donors (Lipinski definition) is 0. The molecule has 0 spiro atoms. The van der Waals surface area contributed by atoms with Gasteiger partial charge in [0.15, 0.2) is 0 Å². The third-order valence-corrected chi connectivity index (χ3v) is 4.70. The maximum absolute atomic E-state index is 13.7. The Morgan fingerprint density at radius 1 is 1.25 bits per heavy atom. The molecule has 0 saturated heterocycles. The quantitative estimate of drug-likeness (QED) is 0.853. The fourth-order valence-corrected chi connectivity index (χ4v) is 3.40. The van der Waals surface area contributed by atoms with Crippen molar-refractivity contribution in [3.63, 3.8) is 0 Å². The summed E-state index contributed by atoms with van der Waals surface area (Å²) in [6, 6.07) is 6.47. The molecular formula is C19H24FN3O. The SMILES string of the molecule is CCN(CC)C(=O)c1nc(-c2cccc(F)c2)n2c1CCCCC2. The van der Waals surface area contributed by atoms with E-state index in [0.717, 1.165) is 43.5 Å². The normalized spacial score (nSPS) is 14.1. The monoisotopic (exact) mass is 329 g/mol. The summed E-state index contributed by atoms with van der Waals surface area (Å²) < 4.78 is 15.8. The molecule has 0 unspecified atom stereocenters. The molecule has 0 radical (unpaired) electrons. The first kappa shape index (κ1) is 16.7. The van der Waals surface area contributed by atoms with Crippen LogP contribution in [0.2, 0.25) is 0 Å². The van der Waals surface area contributed by atoms with Crippen molar-refractivity contribution in [1.82, 2.24) is 14.5 Å². The van der Waals surface area contributed by atoms with Gasteiger partial charge in [-0.3, -0.25) is 4.79 Å². The number of aromatic nitrogens is 2. The first-order valence-corrected chi connectivity index (χ1v) is 8.80. The van der Waals surface area contributed by atoms with E-state index in [1.807, 2.05) is 19.9 Å². The number of carbonyl (C=O) groups is 1. The van der Waals surface area contributed by atoms with E-state index in [2.05, 4.69) is 9.55 Å². The summed E-state index contributed by atoms with van der Waals surface area (Å²) >= 11 is 0. The summed E-state index contributed by atoms with van der Waals surface area (Å²) in [5, 5.41) is 0. The van der Waals surface area contributed by atoms with E-state index in [9.17, 15) is 9.18 Å². The minimum atomic E-state index is -0.282. The van der Waals surface area contributed by atoms with E-state index in [1.165, 1.54) is 12.1 Å². The molecule has 24 heavy (non-hydrogen) atoms. The summed E-state index contributed by atoms with van der Waals surface area (Å²) in [6.45, 7) is 6.11. The van der Waals surface area contributed by atoms with Gasteiger partial charge in [-0.15, -0.1) is 0 Å². The van der Waals surface area contributed by atoms with Crippen LogP contribution in [0, 0.1) is 5.82 Å². The Bertz CT molecular complexity index is 734. The Labute approximate surface area is 142 Å². The molecule has 4 nitrogen and oxygen atoms in total. The Morgan fingerprint density at radius 3 is 2.75 bits per heavy atom. The molecule has 128 valence electrons. The largest absolute Gasteiger partial charge is 0.338 e. The number of imidazole rings is 1. The maximum atomic E-state index is 13.7. The molecule has 1 aromatic carbocycles. The second-order valence-electron chi connectivity index (χ2n) is 6.18. The highest BCUT2D eigenvalue weighted by Gasteiger charge is 2.26. The zero-order valence-electron chi connectivity index (χ0n) is 14.4. The van der Waals surface area contributed by atoms with Gasteiger partial charge in [0.25, 0.3) is 5.91 Å². The lowest BCUT2D eigenvalue weighted by Gasteiger charge is -2.18. The molecule has 0 saturated carbocycles. The number of rotatable bonds is 4.